The van der Waals surface area contributed by atoms with Crippen LogP contribution in [0.1, 0.15) is 11.5 Å². The van der Waals surface area contributed by atoms with E-state index in [-0.39, 0.29) is 5.82 Å². The molecule has 1 rings (SSSR count). The van der Waals surface area contributed by atoms with Gasteiger partial charge in [-0.25, -0.2) is 14.4 Å². The van der Waals surface area contributed by atoms with Crippen LogP contribution in [0.15, 0.2) is 12.8 Å². The number of rotatable bonds is 1. The molecule has 0 saturated carbocycles. The number of hydrogen-bond donors (Lipinski definition) is 0. The fourth-order valence-electron chi connectivity index (χ4n) is 0.569. The second-order valence-corrected chi connectivity index (χ2v) is 1.87. The maximum atomic E-state index is 12.5. The molecule has 52 valence electrons. The van der Waals surface area contributed by atoms with Crippen LogP contribution in [0.2, 0.25) is 0 Å². The van der Waals surface area contributed by atoms with Gasteiger partial charge in [0.05, 0.1) is 11.9 Å². The summed E-state index contributed by atoms with van der Waals surface area (Å²) in [5.41, 5.74) is 0.352. The third-order valence-electron chi connectivity index (χ3n) is 1.12. The van der Waals surface area contributed by atoms with Crippen molar-refractivity contribution in [2.24, 2.45) is 0 Å². The first kappa shape index (κ1) is 6.86. The normalized spacial score (nSPS) is 9.40. The fourth-order valence-corrected chi connectivity index (χ4v) is 0.569. The van der Waals surface area contributed by atoms with E-state index in [2.05, 4.69) is 16.5 Å². The first-order valence-corrected chi connectivity index (χ1v) is 2.85. The second kappa shape index (κ2) is 2.56. The monoisotopic (exact) mass is 138 g/mol. The van der Waals surface area contributed by atoms with Gasteiger partial charge in [0.2, 0.25) is 0 Å². The van der Waals surface area contributed by atoms with E-state index in [0.717, 1.165) is 6.20 Å². The zero-order chi connectivity index (χ0) is 7.56. The summed E-state index contributed by atoms with van der Waals surface area (Å²) in [7, 11) is 0. The third-order valence-corrected chi connectivity index (χ3v) is 1.12. The Hall–Kier alpha value is -1.25. The minimum atomic E-state index is -0.384. The summed E-state index contributed by atoms with van der Waals surface area (Å²) in [5, 5.41) is 0. The average molecular weight is 138 g/mol. The van der Waals surface area contributed by atoms with E-state index < -0.39 is 0 Å². The molecule has 0 N–H and O–H groups in total. The summed E-state index contributed by atoms with van der Waals surface area (Å²) in [6, 6.07) is 0. The van der Waals surface area contributed by atoms with Gasteiger partial charge < -0.3 is 0 Å². The van der Waals surface area contributed by atoms with Gasteiger partial charge in [-0.2, -0.15) is 0 Å². The van der Waals surface area contributed by atoms with Gasteiger partial charge in [-0.05, 0) is 13.0 Å². The van der Waals surface area contributed by atoms with Crippen molar-refractivity contribution in [3.05, 3.63) is 30.1 Å². The molecule has 0 saturated heterocycles. The molecule has 0 unspecified atom stereocenters. The van der Waals surface area contributed by atoms with Gasteiger partial charge in [0.25, 0.3) is 0 Å². The summed E-state index contributed by atoms with van der Waals surface area (Å²) >= 11 is 0. The highest BCUT2D eigenvalue weighted by Gasteiger charge is 1.97. The maximum absolute atomic E-state index is 12.5. The van der Waals surface area contributed by atoms with Crippen molar-refractivity contribution in [1.29, 1.82) is 0 Å². The largest absolute Gasteiger partial charge is 0.234 e. The van der Waals surface area contributed by atoms with Gasteiger partial charge in [-0.3, -0.25) is 0 Å². The quantitative estimate of drug-likeness (QED) is 0.588. The van der Waals surface area contributed by atoms with Crippen molar-refractivity contribution >= 4 is 6.08 Å². The van der Waals surface area contributed by atoms with E-state index in [0.29, 0.717) is 11.5 Å². The van der Waals surface area contributed by atoms with Gasteiger partial charge in [0.1, 0.15) is 0 Å². The molecule has 0 bridgehead atoms. The van der Waals surface area contributed by atoms with Crippen LogP contribution in [-0.4, -0.2) is 9.97 Å². The molecular weight excluding hydrogens is 131 g/mol. The predicted octanol–water partition coefficient (Wildman–Crippen LogP) is 1.57. The van der Waals surface area contributed by atoms with Crippen molar-refractivity contribution in [2.75, 3.05) is 0 Å². The van der Waals surface area contributed by atoms with Crippen molar-refractivity contribution in [2.45, 2.75) is 6.92 Å². The molecule has 1 aromatic heterocycles. The molecule has 0 aromatic carbocycles. The fraction of sp³-hybridized carbons (Fsp3) is 0.143. The first-order valence-electron chi connectivity index (χ1n) is 2.85. The Balaban J connectivity index is 3.16. The van der Waals surface area contributed by atoms with E-state index in [1.807, 2.05) is 0 Å². The van der Waals surface area contributed by atoms with Gasteiger partial charge in [-0.1, -0.05) is 6.58 Å². The van der Waals surface area contributed by atoms with Crippen molar-refractivity contribution in [3.8, 4) is 0 Å². The summed E-state index contributed by atoms with van der Waals surface area (Å²) < 4.78 is 12.5. The lowest BCUT2D eigenvalue weighted by atomic mass is 10.4. The Morgan fingerprint density at radius 1 is 1.70 bits per heavy atom. The Morgan fingerprint density at radius 3 is 2.90 bits per heavy atom. The zero-order valence-electron chi connectivity index (χ0n) is 5.63. The van der Waals surface area contributed by atoms with Crippen molar-refractivity contribution < 1.29 is 4.39 Å². The van der Waals surface area contributed by atoms with E-state index in [1.165, 1.54) is 6.08 Å². The number of nitrogens with zero attached hydrogens (tertiary/aromatic N) is 2. The van der Waals surface area contributed by atoms with Gasteiger partial charge in [0.15, 0.2) is 11.6 Å². The molecule has 3 heteroatoms. The Bertz CT molecular complexity index is 258. The number of halogens is 1. The Morgan fingerprint density at radius 2 is 2.40 bits per heavy atom. The van der Waals surface area contributed by atoms with Crippen LogP contribution in [-0.2, 0) is 0 Å². The smallest absolute Gasteiger partial charge is 0.162 e. The van der Waals surface area contributed by atoms with Crippen LogP contribution in [0.5, 0.6) is 0 Å². The molecule has 0 radical (unpaired) electrons. The summed E-state index contributed by atoms with van der Waals surface area (Å²) in [6.45, 7) is 5.04. The minimum absolute atomic E-state index is 0.352. The highest BCUT2D eigenvalue weighted by molar-refractivity contribution is 5.35. The highest BCUT2D eigenvalue weighted by Crippen LogP contribution is 2.00. The molecule has 1 aromatic rings. The van der Waals surface area contributed by atoms with E-state index in [1.54, 1.807) is 6.92 Å². The molecule has 1 heterocycles. The van der Waals surface area contributed by atoms with E-state index >= 15 is 0 Å². The lowest BCUT2D eigenvalue weighted by Crippen LogP contribution is -1.93. The molecule has 0 aliphatic heterocycles. The van der Waals surface area contributed by atoms with Crippen molar-refractivity contribution in [1.82, 2.24) is 9.97 Å². The van der Waals surface area contributed by atoms with Crippen LogP contribution in [0, 0.1) is 12.7 Å². The van der Waals surface area contributed by atoms with Crippen LogP contribution < -0.4 is 0 Å². The SMILES string of the molecule is C=Cc1ncc(F)c(C)n1. The number of hydrogen-bond acceptors (Lipinski definition) is 2. The molecule has 0 aliphatic carbocycles. The number of aryl methyl sites for hydroxylation is 1. The Kier molecular flexibility index (Phi) is 1.76. The maximum Gasteiger partial charge on any atom is 0.162 e. The van der Waals surface area contributed by atoms with Crippen LogP contribution in [0.25, 0.3) is 6.08 Å². The molecule has 0 atom stereocenters. The van der Waals surface area contributed by atoms with E-state index in [9.17, 15) is 4.39 Å². The summed E-state index contributed by atoms with van der Waals surface area (Å²) in [5.74, 6) is 0.0736. The lowest BCUT2D eigenvalue weighted by Gasteiger charge is -1.94. The average Bonchev–Trinajstić information content (AvgIpc) is 1.95. The number of aromatic nitrogens is 2. The third kappa shape index (κ3) is 1.18. The van der Waals surface area contributed by atoms with Crippen LogP contribution in [0.3, 0.4) is 0 Å². The van der Waals surface area contributed by atoms with Crippen LogP contribution in [0.4, 0.5) is 4.39 Å². The molecule has 0 amide bonds. The first-order chi connectivity index (χ1) is 4.74. The molecule has 10 heavy (non-hydrogen) atoms. The van der Waals surface area contributed by atoms with E-state index in [4.69, 9.17) is 0 Å². The van der Waals surface area contributed by atoms with Crippen molar-refractivity contribution in [3.63, 3.8) is 0 Å². The zero-order valence-corrected chi connectivity index (χ0v) is 5.63. The molecule has 0 fully saturated rings. The summed E-state index contributed by atoms with van der Waals surface area (Å²) in [4.78, 5) is 7.44. The standard InChI is InChI=1S/C7H7FN2/c1-3-7-9-4-6(8)5(2)10-7/h3-4H,1H2,2H3. The predicted molar refractivity (Wildman–Crippen MR) is 36.8 cm³/mol. The Labute approximate surface area is 58.4 Å². The molecule has 2 nitrogen and oxygen atoms in total. The molecular formula is C7H7FN2. The highest BCUT2D eigenvalue weighted by atomic mass is 19.1. The molecule has 0 spiro atoms. The topological polar surface area (TPSA) is 25.8 Å². The lowest BCUT2D eigenvalue weighted by molar-refractivity contribution is 0.600. The van der Waals surface area contributed by atoms with Crippen LogP contribution >= 0.6 is 0 Å². The minimum Gasteiger partial charge on any atom is -0.234 e. The van der Waals surface area contributed by atoms with Gasteiger partial charge in [-0.15, -0.1) is 0 Å². The van der Waals surface area contributed by atoms with Gasteiger partial charge >= 0.3 is 0 Å². The summed E-state index contributed by atoms with van der Waals surface area (Å²) in [6.07, 6.45) is 2.62. The second-order valence-electron chi connectivity index (χ2n) is 1.87. The molecule has 0 aliphatic rings. The van der Waals surface area contributed by atoms with Gasteiger partial charge in [0, 0.05) is 0 Å².